The SMILES string of the molecule is O=C(NCCN1CCCC1)c1cc(-c2ccco2)nn1-c1ccc(Cl)c(Cl)c1. The number of benzene rings is 1. The molecule has 28 heavy (non-hydrogen) atoms. The molecule has 1 aliphatic rings. The van der Waals surface area contributed by atoms with Gasteiger partial charge in [0.05, 0.1) is 22.0 Å². The Hall–Kier alpha value is -2.28. The van der Waals surface area contributed by atoms with Gasteiger partial charge in [0.1, 0.15) is 11.4 Å². The summed E-state index contributed by atoms with van der Waals surface area (Å²) in [6.07, 6.45) is 4.03. The first kappa shape index (κ1) is 19.1. The standard InChI is InChI=1S/C20H20Cl2N4O2/c21-15-6-5-14(12-16(15)22)26-18(13-17(24-26)19-4-3-11-28-19)20(27)23-7-10-25-8-1-2-9-25/h3-6,11-13H,1-2,7-10H2,(H,23,27). The van der Waals surface area contributed by atoms with Gasteiger partial charge < -0.3 is 14.6 Å². The van der Waals surface area contributed by atoms with Gasteiger partial charge in [0, 0.05) is 19.2 Å². The van der Waals surface area contributed by atoms with Crippen LogP contribution in [0.2, 0.25) is 10.0 Å². The molecule has 3 heterocycles. The van der Waals surface area contributed by atoms with Crippen molar-refractivity contribution in [2.75, 3.05) is 26.2 Å². The number of nitrogens with one attached hydrogen (secondary N) is 1. The maximum absolute atomic E-state index is 12.9. The van der Waals surface area contributed by atoms with Crippen molar-refractivity contribution >= 4 is 29.1 Å². The molecule has 3 aromatic rings. The zero-order valence-corrected chi connectivity index (χ0v) is 16.7. The van der Waals surface area contributed by atoms with Crippen LogP contribution in [0.3, 0.4) is 0 Å². The van der Waals surface area contributed by atoms with Crippen LogP contribution in [-0.2, 0) is 0 Å². The molecule has 1 fully saturated rings. The number of hydrogen-bond acceptors (Lipinski definition) is 4. The van der Waals surface area contributed by atoms with Crippen molar-refractivity contribution in [1.82, 2.24) is 20.0 Å². The number of rotatable bonds is 6. The Morgan fingerprint density at radius 1 is 1.14 bits per heavy atom. The molecule has 1 saturated heterocycles. The van der Waals surface area contributed by atoms with Gasteiger partial charge in [-0.3, -0.25) is 4.79 Å². The van der Waals surface area contributed by atoms with Crippen LogP contribution in [0.4, 0.5) is 0 Å². The van der Waals surface area contributed by atoms with Gasteiger partial charge in [-0.1, -0.05) is 23.2 Å². The summed E-state index contributed by atoms with van der Waals surface area (Å²) in [4.78, 5) is 15.2. The van der Waals surface area contributed by atoms with Crippen molar-refractivity contribution in [2.24, 2.45) is 0 Å². The Labute approximate surface area is 173 Å². The van der Waals surface area contributed by atoms with E-state index in [1.54, 1.807) is 47.3 Å². The molecule has 1 amide bonds. The van der Waals surface area contributed by atoms with Gasteiger partial charge in [-0.2, -0.15) is 5.10 Å². The highest BCUT2D eigenvalue weighted by Crippen LogP contribution is 2.27. The maximum Gasteiger partial charge on any atom is 0.270 e. The fourth-order valence-corrected chi connectivity index (χ4v) is 3.62. The molecule has 0 spiro atoms. The molecule has 6 nitrogen and oxygen atoms in total. The molecule has 0 aliphatic carbocycles. The summed E-state index contributed by atoms with van der Waals surface area (Å²) in [6.45, 7) is 3.62. The third kappa shape index (κ3) is 4.09. The Morgan fingerprint density at radius 2 is 1.96 bits per heavy atom. The zero-order valence-electron chi connectivity index (χ0n) is 15.2. The summed E-state index contributed by atoms with van der Waals surface area (Å²) in [5, 5.41) is 8.38. The van der Waals surface area contributed by atoms with Crippen molar-refractivity contribution in [3.63, 3.8) is 0 Å². The molecule has 0 unspecified atom stereocenters. The fraction of sp³-hybridized carbons (Fsp3) is 0.300. The van der Waals surface area contributed by atoms with Crippen LogP contribution in [0.15, 0.2) is 47.1 Å². The quantitative estimate of drug-likeness (QED) is 0.649. The van der Waals surface area contributed by atoms with E-state index in [9.17, 15) is 4.79 Å². The molecule has 1 aliphatic heterocycles. The molecule has 146 valence electrons. The number of carbonyl (C=O) groups excluding carboxylic acids is 1. The van der Waals surface area contributed by atoms with Gasteiger partial charge >= 0.3 is 0 Å². The third-order valence-electron chi connectivity index (χ3n) is 4.78. The van der Waals surface area contributed by atoms with E-state index >= 15 is 0 Å². The number of likely N-dealkylation sites (tertiary alicyclic amines) is 1. The molecule has 0 bridgehead atoms. The number of furan rings is 1. The van der Waals surface area contributed by atoms with E-state index in [4.69, 9.17) is 27.6 Å². The van der Waals surface area contributed by atoms with Gasteiger partial charge in [0.2, 0.25) is 0 Å². The minimum Gasteiger partial charge on any atom is -0.463 e. The average molecular weight is 419 g/mol. The van der Waals surface area contributed by atoms with E-state index in [0.717, 1.165) is 19.6 Å². The summed E-state index contributed by atoms with van der Waals surface area (Å²) in [5.41, 5.74) is 1.63. The largest absolute Gasteiger partial charge is 0.463 e. The second-order valence-electron chi connectivity index (χ2n) is 6.71. The van der Waals surface area contributed by atoms with Crippen molar-refractivity contribution in [3.05, 3.63) is 58.4 Å². The van der Waals surface area contributed by atoms with Gasteiger partial charge in [-0.25, -0.2) is 4.68 Å². The second kappa shape index (κ2) is 8.39. The Bertz CT molecular complexity index is 963. The summed E-state index contributed by atoms with van der Waals surface area (Å²) in [5.74, 6) is 0.389. The summed E-state index contributed by atoms with van der Waals surface area (Å²) >= 11 is 12.2. The van der Waals surface area contributed by atoms with Crippen LogP contribution in [0.25, 0.3) is 17.1 Å². The number of halogens is 2. The lowest BCUT2D eigenvalue weighted by atomic mass is 10.2. The number of amides is 1. The van der Waals surface area contributed by atoms with Crippen LogP contribution < -0.4 is 5.32 Å². The molecule has 1 N–H and O–H groups in total. The van der Waals surface area contributed by atoms with E-state index in [1.807, 2.05) is 0 Å². The lowest BCUT2D eigenvalue weighted by Gasteiger charge is -2.15. The second-order valence-corrected chi connectivity index (χ2v) is 7.52. The highest BCUT2D eigenvalue weighted by Gasteiger charge is 2.20. The Balaban J connectivity index is 1.60. The molecule has 8 heteroatoms. The van der Waals surface area contributed by atoms with Crippen LogP contribution in [0.1, 0.15) is 23.3 Å². The van der Waals surface area contributed by atoms with E-state index < -0.39 is 0 Å². The van der Waals surface area contributed by atoms with Crippen LogP contribution in [0.5, 0.6) is 0 Å². The maximum atomic E-state index is 12.9. The lowest BCUT2D eigenvalue weighted by molar-refractivity contribution is 0.0942. The lowest BCUT2D eigenvalue weighted by Crippen LogP contribution is -2.34. The number of nitrogens with zero attached hydrogens (tertiary/aromatic N) is 3. The van der Waals surface area contributed by atoms with Gasteiger partial charge in [-0.05, 0) is 56.3 Å². The number of hydrogen-bond donors (Lipinski definition) is 1. The third-order valence-corrected chi connectivity index (χ3v) is 5.51. The molecular weight excluding hydrogens is 399 g/mol. The molecule has 1 aromatic carbocycles. The van der Waals surface area contributed by atoms with E-state index in [0.29, 0.717) is 39.4 Å². The molecular formula is C20H20Cl2N4O2. The molecule has 2 aromatic heterocycles. The van der Waals surface area contributed by atoms with Crippen molar-refractivity contribution in [2.45, 2.75) is 12.8 Å². The summed E-state index contributed by atoms with van der Waals surface area (Å²) in [6, 6.07) is 10.4. The monoisotopic (exact) mass is 418 g/mol. The Morgan fingerprint density at radius 3 is 2.68 bits per heavy atom. The molecule has 0 radical (unpaired) electrons. The number of carbonyl (C=O) groups is 1. The predicted molar refractivity (Wildman–Crippen MR) is 109 cm³/mol. The van der Waals surface area contributed by atoms with Gasteiger partial charge in [0.15, 0.2) is 5.76 Å². The van der Waals surface area contributed by atoms with E-state index in [1.165, 1.54) is 12.8 Å². The smallest absolute Gasteiger partial charge is 0.270 e. The van der Waals surface area contributed by atoms with E-state index in [-0.39, 0.29) is 5.91 Å². The summed E-state index contributed by atoms with van der Waals surface area (Å²) < 4.78 is 6.99. The molecule has 0 saturated carbocycles. The number of aromatic nitrogens is 2. The first-order valence-corrected chi connectivity index (χ1v) is 9.97. The Kier molecular flexibility index (Phi) is 5.71. The van der Waals surface area contributed by atoms with Gasteiger partial charge in [-0.15, -0.1) is 0 Å². The normalized spacial score (nSPS) is 14.5. The highest BCUT2D eigenvalue weighted by atomic mass is 35.5. The van der Waals surface area contributed by atoms with Crippen LogP contribution >= 0.6 is 23.2 Å². The van der Waals surface area contributed by atoms with Crippen molar-refractivity contribution in [1.29, 1.82) is 0 Å². The minimum absolute atomic E-state index is 0.199. The predicted octanol–water partition coefficient (Wildman–Crippen LogP) is 4.26. The average Bonchev–Trinajstić information content (AvgIpc) is 3.44. The summed E-state index contributed by atoms with van der Waals surface area (Å²) in [7, 11) is 0. The highest BCUT2D eigenvalue weighted by molar-refractivity contribution is 6.42. The molecule has 4 rings (SSSR count). The van der Waals surface area contributed by atoms with Gasteiger partial charge in [0.25, 0.3) is 5.91 Å². The van der Waals surface area contributed by atoms with Crippen LogP contribution in [-0.4, -0.2) is 46.8 Å². The molecule has 0 atom stereocenters. The zero-order chi connectivity index (χ0) is 19.5. The fourth-order valence-electron chi connectivity index (χ4n) is 3.33. The van der Waals surface area contributed by atoms with Crippen molar-refractivity contribution < 1.29 is 9.21 Å². The van der Waals surface area contributed by atoms with Crippen molar-refractivity contribution in [3.8, 4) is 17.1 Å². The van der Waals surface area contributed by atoms with E-state index in [2.05, 4.69) is 15.3 Å². The minimum atomic E-state index is -0.199. The van der Waals surface area contributed by atoms with Crippen LogP contribution in [0, 0.1) is 0 Å². The first-order valence-electron chi connectivity index (χ1n) is 9.22. The topological polar surface area (TPSA) is 63.3 Å². The first-order chi connectivity index (χ1) is 13.6.